The van der Waals surface area contributed by atoms with Crippen molar-refractivity contribution in [3.63, 3.8) is 0 Å². The van der Waals surface area contributed by atoms with Gasteiger partial charge in [-0.1, -0.05) is 30.3 Å². The maximum absolute atomic E-state index is 11.5. The Morgan fingerprint density at radius 3 is 2.43 bits per heavy atom. The van der Waals surface area contributed by atoms with Gasteiger partial charge >= 0.3 is 5.97 Å². The van der Waals surface area contributed by atoms with E-state index in [-0.39, 0.29) is 5.97 Å². The fraction of sp³-hybridized carbons (Fsp3) is 0.278. The highest BCUT2D eigenvalue weighted by molar-refractivity contribution is 5.89. The maximum Gasteiger partial charge on any atom is 0.338 e. The zero-order chi connectivity index (χ0) is 14.9. The van der Waals surface area contributed by atoms with E-state index in [2.05, 4.69) is 29.6 Å². The third kappa shape index (κ3) is 4.95. The van der Waals surface area contributed by atoms with E-state index in [1.165, 1.54) is 5.56 Å². The van der Waals surface area contributed by atoms with Crippen molar-refractivity contribution in [3.8, 4) is 0 Å². The van der Waals surface area contributed by atoms with Gasteiger partial charge in [0.25, 0.3) is 0 Å². The molecular weight excluding hydrogens is 262 g/mol. The molecule has 21 heavy (non-hydrogen) atoms. The largest absolute Gasteiger partial charge is 0.462 e. The molecular formula is C18H21NO2. The number of hydrogen-bond donors (Lipinski definition) is 1. The maximum atomic E-state index is 11.5. The number of ether oxygens (including phenoxy) is 1. The van der Waals surface area contributed by atoms with Gasteiger partial charge in [0.2, 0.25) is 0 Å². The highest BCUT2D eigenvalue weighted by atomic mass is 16.5. The number of benzene rings is 2. The second-order valence-corrected chi connectivity index (χ2v) is 4.81. The molecule has 2 rings (SSSR count). The van der Waals surface area contributed by atoms with Gasteiger partial charge in [0.15, 0.2) is 0 Å². The number of carbonyl (C=O) groups excluding carboxylic acids is 1. The SMILES string of the molecule is CCOC(=O)c1ccc(NCCCc2ccccc2)cc1. The lowest BCUT2D eigenvalue weighted by Gasteiger charge is -2.07. The normalized spacial score (nSPS) is 10.1. The van der Waals surface area contributed by atoms with Crippen molar-refractivity contribution in [2.75, 3.05) is 18.5 Å². The van der Waals surface area contributed by atoms with Gasteiger partial charge in [-0.2, -0.15) is 0 Å². The molecule has 0 radical (unpaired) electrons. The summed E-state index contributed by atoms with van der Waals surface area (Å²) in [6.45, 7) is 3.12. The van der Waals surface area contributed by atoms with Crippen LogP contribution in [-0.2, 0) is 11.2 Å². The number of carbonyl (C=O) groups is 1. The minimum Gasteiger partial charge on any atom is -0.462 e. The molecule has 0 aliphatic rings. The van der Waals surface area contributed by atoms with Gasteiger partial charge in [0, 0.05) is 12.2 Å². The Morgan fingerprint density at radius 1 is 1.05 bits per heavy atom. The quantitative estimate of drug-likeness (QED) is 0.618. The molecule has 3 nitrogen and oxygen atoms in total. The molecule has 0 aliphatic heterocycles. The van der Waals surface area contributed by atoms with Crippen molar-refractivity contribution in [1.29, 1.82) is 0 Å². The Labute approximate surface area is 126 Å². The van der Waals surface area contributed by atoms with Crippen molar-refractivity contribution in [1.82, 2.24) is 0 Å². The van der Waals surface area contributed by atoms with E-state index in [9.17, 15) is 4.79 Å². The van der Waals surface area contributed by atoms with Crippen molar-refractivity contribution < 1.29 is 9.53 Å². The molecule has 0 saturated heterocycles. The van der Waals surface area contributed by atoms with Crippen LogP contribution >= 0.6 is 0 Å². The lowest BCUT2D eigenvalue weighted by atomic mass is 10.1. The zero-order valence-electron chi connectivity index (χ0n) is 12.3. The topological polar surface area (TPSA) is 38.3 Å². The van der Waals surface area contributed by atoms with Crippen LogP contribution in [-0.4, -0.2) is 19.1 Å². The van der Waals surface area contributed by atoms with Crippen molar-refractivity contribution >= 4 is 11.7 Å². The first-order valence-electron chi connectivity index (χ1n) is 7.34. The molecule has 2 aromatic rings. The van der Waals surface area contributed by atoms with E-state index in [0.717, 1.165) is 25.1 Å². The van der Waals surface area contributed by atoms with Crippen molar-refractivity contribution in [3.05, 3.63) is 65.7 Å². The van der Waals surface area contributed by atoms with Crippen LogP contribution in [0.5, 0.6) is 0 Å². The molecule has 0 spiro atoms. The van der Waals surface area contributed by atoms with Gasteiger partial charge < -0.3 is 10.1 Å². The molecule has 0 heterocycles. The van der Waals surface area contributed by atoms with Gasteiger partial charge in [-0.15, -0.1) is 0 Å². The Kier molecular flexibility index (Phi) is 5.83. The molecule has 1 N–H and O–H groups in total. The molecule has 0 atom stereocenters. The second kappa shape index (κ2) is 8.10. The smallest absolute Gasteiger partial charge is 0.338 e. The first-order valence-corrected chi connectivity index (χ1v) is 7.34. The zero-order valence-corrected chi connectivity index (χ0v) is 12.3. The average Bonchev–Trinajstić information content (AvgIpc) is 2.53. The summed E-state index contributed by atoms with van der Waals surface area (Å²) in [5, 5.41) is 3.36. The lowest BCUT2D eigenvalue weighted by molar-refractivity contribution is 0.0526. The van der Waals surface area contributed by atoms with Crippen LogP contribution in [0.3, 0.4) is 0 Å². The van der Waals surface area contributed by atoms with E-state index in [1.807, 2.05) is 18.2 Å². The molecule has 0 unspecified atom stereocenters. The molecule has 3 heteroatoms. The number of rotatable bonds is 7. The van der Waals surface area contributed by atoms with Gasteiger partial charge in [0.1, 0.15) is 0 Å². The van der Waals surface area contributed by atoms with Crippen LogP contribution in [0, 0.1) is 0 Å². The summed E-state index contributed by atoms with van der Waals surface area (Å²) < 4.78 is 4.96. The summed E-state index contributed by atoms with van der Waals surface area (Å²) in [6.07, 6.45) is 2.14. The Morgan fingerprint density at radius 2 is 1.76 bits per heavy atom. The Hall–Kier alpha value is -2.29. The molecule has 0 fully saturated rings. The molecule has 0 aliphatic carbocycles. The highest BCUT2D eigenvalue weighted by Crippen LogP contribution is 2.11. The standard InChI is InChI=1S/C18H21NO2/c1-2-21-18(20)16-10-12-17(13-11-16)19-14-6-9-15-7-4-3-5-8-15/h3-5,7-8,10-13,19H,2,6,9,14H2,1H3. The second-order valence-electron chi connectivity index (χ2n) is 4.81. The molecule has 110 valence electrons. The van der Waals surface area contributed by atoms with Crippen molar-refractivity contribution in [2.45, 2.75) is 19.8 Å². The van der Waals surface area contributed by atoms with Crippen molar-refractivity contribution in [2.24, 2.45) is 0 Å². The lowest BCUT2D eigenvalue weighted by Crippen LogP contribution is -2.06. The van der Waals surface area contributed by atoms with Crippen LogP contribution in [0.1, 0.15) is 29.3 Å². The van der Waals surface area contributed by atoms with Crippen LogP contribution in [0.4, 0.5) is 5.69 Å². The first kappa shape index (κ1) is 15.1. The van der Waals surface area contributed by atoms with Crippen LogP contribution in [0.25, 0.3) is 0 Å². The monoisotopic (exact) mass is 283 g/mol. The van der Waals surface area contributed by atoms with E-state index in [4.69, 9.17) is 4.74 Å². The van der Waals surface area contributed by atoms with Gasteiger partial charge in [-0.3, -0.25) is 0 Å². The predicted octanol–water partition coefficient (Wildman–Crippen LogP) is 3.91. The third-order valence-corrected chi connectivity index (χ3v) is 3.21. The molecule has 0 saturated carbocycles. The summed E-state index contributed by atoms with van der Waals surface area (Å²) in [5.74, 6) is -0.270. The summed E-state index contributed by atoms with van der Waals surface area (Å²) in [6, 6.07) is 17.9. The molecule has 0 bridgehead atoms. The Bertz CT molecular complexity index is 549. The van der Waals surface area contributed by atoms with E-state index in [0.29, 0.717) is 12.2 Å². The van der Waals surface area contributed by atoms with Crippen LogP contribution in [0.2, 0.25) is 0 Å². The molecule has 0 amide bonds. The number of esters is 1. The molecule has 2 aromatic carbocycles. The van der Waals surface area contributed by atoms with Gasteiger partial charge in [0.05, 0.1) is 12.2 Å². The van der Waals surface area contributed by atoms with E-state index in [1.54, 1.807) is 19.1 Å². The Balaban J connectivity index is 1.75. The average molecular weight is 283 g/mol. The summed E-state index contributed by atoms with van der Waals surface area (Å²) in [4.78, 5) is 11.5. The first-order chi connectivity index (χ1) is 10.3. The van der Waals surface area contributed by atoms with Crippen LogP contribution < -0.4 is 5.32 Å². The van der Waals surface area contributed by atoms with Gasteiger partial charge in [-0.05, 0) is 49.6 Å². The van der Waals surface area contributed by atoms with Gasteiger partial charge in [-0.25, -0.2) is 4.79 Å². The minimum absolute atomic E-state index is 0.270. The number of aryl methyl sites for hydroxylation is 1. The number of nitrogens with one attached hydrogen (secondary N) is 1. The fourth-order valence-electron chi connectivity index (χ4n) is 2.11. The summed E-state index contributed by atoms with van der Waals surface area (Å²) in [7, 11) is 0. The number of anilines is 1. The van der Waals surface area contributed by atoms with E-state index < -0.39 is 0 Å². The minimum atomic E-state index is -0.270. The predicted molar refractivity (Wildman–Crippen MR) is 85.7 cm³/mol. The fourth-order valence-corrected chi connectivity index (χ4v) is 2.11. The molecule has 0 aromatic heterocycles. The summed E-state index contributed by atoms with van der Waals surface area (Å²) >= 11 is 0. The third-order valence-electron chi connectivity index (χ3n) is 3.21. The van der Waals surface area contributed by atoms with E-state index >= 15 is 0 Å². The van der Waals surface area contributed by atoms with Crippen LogP contribution in [0.15, 0.2) is 54.6 Å². The summed E-state index contributed by atoms with van der Waals surface area (Å²) in [5.41, 5.74) is 2.97. The highest BCUT2D eigenvalue weighted by Gasteiger charge is 2.05. The number of hydrogen-bond acceptors (Lipinski definition) is 3.